The molecule has 2 heterocycles. The van der Waals surface area contributed by atoms with Crippen LogP contribution in [0.3, 0.4) is 0 Å². The molecule has 0 unspecified atom stereocenters. The average Bonchev–Trinajstić information content (AvgIpc) is 2.65. The highest BCUT2D eigenvalue weighted by Crippen LogP contribution is 2.16. The highest BCUT2D eigenvalue weighted by molar-refractivity contribution is 7.10. The Hall–Kier alpha value is -1.13. The van der Waals surface area contributed by atoms with E-state index < -0.39 is 0 Å². The highest BCUT2D eigenvalue weighted by atomic mass is 32.1. The third-order valence-corrected chi connectivity index (χ3v) is 3.30. The lowest BCUT2D eigenvalue weighted by molar-refractivity contribution is -0.132. The Bertz CT molecular complexity index is 353. The van der Waals surface area contributed by atoms with E-state index in [-0.39, 0.29) is 18.4 Å². The van der Waals surface area contributed by atoms with E-state index in [0.29, 0.717) is 13.1 Å². The van der Waals surface area contributed by atoms with Crippen molar-refractivity contribution in [2.45, 2.75) is 0 Å². The molecular formula is C11H13NO2S. The van der Waals surface area contributed by atoms with Gasteiger partial charge in [0, 0.05) is 36.6 Å². The van der Waals surface area contributed by atoms with Crippen molar-refractivity contribution in [3.8, 4) is 0 Å². The van der Waals surface area contributed by atoms with Gasteiger partial charge in [0.15, 0.2) is 0 Å². The van der Waals surface area contributed by atoms with Crippen LogP contribution in [0.4, 0.5) is 0 Å². The molecule has 0 atom stereocenters. The lowest BCUT2D eigenvalue weighted by Crippen LogP contribution is -2.50. The molecule has 3 nitrogen and oxygen atoms in total. The van der Waals surface area contributed by atoms with Gasteiger partial charge in [-0.2, -0.15) is 0 Å². The first-order valence-corrected chi connectivity index (χ1v) is 5.79. The summed E-state index contributed by atoms with van der Waals surface area (Å²) in [6, 6.07) is 3.93. The largest absolute Gasteiger partial charge is 0.396 e. The van der Waals surface area contributed by atoms with Gasteiger partial charge in [-0.05, 0) is 17.5 Å². The highest BCUT2D eigenvalue weighted by Gasteiger charge is 2.28. The summed E-state index contributed by atoms with van der Waals surface area (Å²) in [5, 5.41) is 10.8. The van der Waals surface area contributed by atoms with E-state index in [1.54, 1.807) is 22.3 Å². The van der Waals surface area contributed by atoms with Crippen LogP contribution in [-0.2, 0) is 4.79 Å². The van der Waals surface area contributed by atoms with Gasteiger partial charge in [0.25, 0.3) is 0 Å². The zero-order valence-electron chi connectivity index (χ0n) is 8.30. The molecule has 0 bridgehead atoms. The number of hydrogen-bond acceptors (Lipinski definition) is 3. The van der Waals surface area contributed by atoms with Crippen LogP contribution in [0.2, 0.25) is 0 Å². The van der Waals surface area contributed by atoms with Crippen molar-refractivity contribution in [1.82, 2.24) is 4.90 Å². The molecule has 0 aromatic carbocycles. The molecule has 1 aliphatic heterocycles. The maximum absolute atomic E-state index is 11.5. The monoisotopic (exact) mass is 223 g/mol. The second-order valence-electron chi connectivity index (χ2n) is 3.64. The Balaban J connectivity index is 1.83. The van der Waals surface area contributed by atoms with Crippen LogP contribution in [0, 0.1) is 5.92 Å². The summed E-state index contributed by atoms with van der Waals surface area (Å²) in [7, 11) is 0. The number of aliphatic hydroxyl groups is 1. The summed E-state index contributed by atoms with van der Waals surface area (Å²) >= 11 is 1.61. The maximum atomic E-state index is 11.5. The second kappa shape index (κ2) is 4.59. The van der Waals surface area contributed by atoms with E-state index in [9.17, 15) is 4.79 Å². The second-order valence-corrected chi connectivity index (χ2v) is 4.62. The molecule has 4 heteroatoms. The van der Waals surface area contributed by atoms with Gasteiger partial charge in [0.05, 0.1) is 0 Å². The Kier molecular flexibility index (Phi) is 3.18. The lowest BCUT2D eigenvalue weighted by Gasteiger charge is -2.37. The minimum Gasteiger partial charge on any atom is -0.396 e. The van der Waals surface area contributed by atoms with Gasteiger partial charge >= 0.3 is 0 Å². The number of hydrogen-bond donors (Lipinski definition) is 1. The van der Waals surface area contributed by atoms with Crippen molar-refractivity contribution in [2.75, 3.05) is 19.7 Å². The molecule has 2 rings (SSSR count). The first-order chi connectivity index (χ1) is 7.29. The summed E-state index contributed by atoms with van der Waals surface area (Å²) < 4.78 is 0. The van der Waals surface area contributed by atoms with Crippen LogP contribution in [0.25, 0.3) is 6.08 Å². The minimum absolute atomic E-state index is 0.0353. The number of carbonyl (C=O) groups is 1. The average molecular weight is 223 g/mol. The number of thiophene rings is 1. The summed E-state index contributed by atoms with van der Waals surface area (Å²) in [6.45, 7) is 1.55. The third-order valence-electron chi connectivity index (χ3n) is 2.46. The number of rotatable bonds is 3. The molecule has 1 N–H and O–H groups in total. The quantitative estimate of drug-likeness (QED) is 0.782. The van der Waals surface area contributed by atoms with Crippen LogP contribution < -0.4 is 0 Å². The van der Waals surface area contributed by atoms with Gasteiger partial charge in [-0.1, -0.05) is 6.07 Å². The van der Waals surface area contributed by atoms with E-state index in [1.165, 1.54) is 0 Å². The van der Waals surface area contributed by atoms with Crippen molar-refractivity contribution in [3.05, 3.63) is 28.5 Å². The van der Waals surface area contributed by atoms with Crippen LogP contribution in [-0.4, -0.2) is 35.6 Å². The molecule has 1 aromatic heterocycles. The van der Waals surface area contributed by atoms with Gasteiger partial charge in [-0.3, -0.25) is 4.79 Å². The fourth-order valence-corrected chi connectivity index (χ4v) is 2.13. The SMILES string of the molecule is O=C(/C=C/c1cccs1)N1CC(CO)C1. The van der Waals surface area contributed by atoms with Crippen molar-refractivity contribution in [3.63, 3.8) is 0 Å². The zero-order chi connectivity index (χ0) is 10.7. The van der Waals surface area contributed by atoms with E-state index in [2.05, 4.69) is 0 Å². The standard InChI is InChI=1S/C11H13NO2S/c13-8-9-6-12(7-9)11(14)4-3-10-2-1-5-15-10/h1-5,9,13H,6-8H2/b4-3+. The molecular weight excluding hydrogens is 210 g/mol. The van der Waals surface area contributed by atoms with Crippen molar-refractivity contribution in [2.24, 2.45) is 5.92 Å². The minimum atomic E-state index is 0.0353. The molecule has 0 saturated carbocycles. The van der Waals surface area contributed by atoms with Crippen LogP contribution in [0.1, 0.15) is 4.88 Å². The molecule has 15 heavy (non-hydrogen) atoms. The first kappa shape index (κ1) is 10.4. The van der Waals surface area contributed by atoms with Crippen LogP contribution in [0.5, 0.6) is 0 Å². The summed E-state index contributed by atoms with van der Waals surface area (Å²) in [5.41, 5.74) is 0. The fourth-order valence-electron chi connectivity index (χ4n) is 1.51. The lowest BCUT2D eigenvalue weighted by atomic mass is 10.0. The molecule has 0 aliphatic carbocycles. The topological polar surface area (TPSA) is 40.5 Å². The number of amides is 1. The number of likely N-dealkylation sites (tertiary alicyclic amines) is 1. The Morgan fingerprint density at radius 1 is 1.67 bits per heavy atom. The predicted molar refractivity (Wildman–Crippen MR) is 60.5 cm³/mol. The molecule has 0 spiro atoms. The molecule has 1 aromatic rings. The van der Waals surface area contributed by atoms with Crippen LogP contribution in [0.15, 0.2) is 23.6 Å². The number of aliphatic hydroxyl groups excluding tert-OH is 1. The van der Waals surface area contributed by atoms with Crippen molar-refractivity contribution < 1.29 is 9.90 Å². The molecule has 1 saturated heterocycles. The molecule has 1 aliphatic rings. The Labute approximate surface area is 92.6 Å². The van der Waals surface area contributed by atoms with E-state index in [4.69, 9.17) is 5.11 Å². The van der Waals surface area contributed by atoms with E-state index in [0.717, 1.165) is 4.88 Å². The molecule has 0 radical (unpaired) electrons. The van der Waals surface area contributed by atoms with Crippen molar-refractivity contribution in [1.29, 1.82) is 0 Å². The van der Waals surface area contributed by atoms with E-state index in [1.807, 2.05) is 23.6 Å². The Morgan fingerprint density at radius 2 is 2.47 bits per heavy atom. The molecule has 1 amide bonds. The first-order valence-electron chi connectivity index (χ1n) is 4.91. The predicted octanol–water partition coefficient (Wildman–Crippen LogP) is 1.21. The van der Waals surface area contributed by atoms with Crippen LogP contribution >= 0.6 is 11.3 Å². The van der Waals surface area contributed by atoms with Gasteiger partial charge in [-0.15, -0.1) is 11.3 Å². The maximum Gasteiger partial charge on any atom is 0.246 e. The van der Waals surface area contributed by atoms with Gasteiger partial charge in [-0.25, -0.2) is 0 Å². The summed E-state index contributed by atoms with van der Waals surface area (Å²) in [5.74, 6) is 0.317. The number of carbonyl (C=O) groups excluding carboxylic acids is 1. The fraction of sp³-hybridized carbons (Fsp3) is 0.364. The zero-order valence-corrected chi connectivity index (χ0v) is 9.11. The van der Waals surface area contributed by atoms with Gasteiger partial charge in [0.1, 0.15) is 0 Å². The number of nitrogens with zero attached hydrogens (tertiary/aromatic N) is 1. The molecule has 1 fully saturated rings. The van der Waals surface area contributed by atoms with E-state index >= 15 is 0 Å². The van der Waals surface area contributed by atoms with Crippen molar-refractivity contribution >= 4 is 23.3 Å². The normalized spacial score (nSPS) is 17.0. The van der Waals surface area contributed by atoms with Gasteiger partial charge < -0.3 is 10.0 Å². The summed E-state index contributed by atoms with van der Waals surface area (Å²) in [6.07, 6.45) is 3.43. The smallest absolute Gasteiger partial charge is 0.246 e. The Morgan fingerprint density at radius 3 is 3.07 bits per heavy atom. The third kappa shape index (κ3) is 2.46. The summed E-state index contributed by atoms with van der Waals surface area (Å²) in [4.78, 5) is 14.4. The molecule has 80 valence electrons. The van der Waals surface area contributed by atoms with Gasteiger partial charge in [0.2, 0.25) is 5.91 Å².